The van der Waals surface area contributed by atoms with E-state index >= 15 is 0 Å². The normalized spacial score (nSPS) is 22.8. The molecule has 5 nitrogen and oxygen atoms in total. The number of hydrogen-bond donors (Lipinski definition) is 1. The lowest BCUT2D eigenvalue weighted by Crippen LogP contribution is -2.31. The number of nitrogens with zero attached hydrogens (tertiary/aromatic N) is 2. The molecule has 0 aromatic heterocycles. The van der Waals surface area contributed by atoms with Crippen LogP contribution in [0, 0.1) is 0 Å². The van der Waals surface area contributed by atoms with Gasteiger partial charge in [-0.15, -0.1) is 0 Å². The molecule has 0 aromatic carbocycles. The molecule has 1 fully saturated rings. The summed E-state index contributed by atoms with van der Waals surface area (Å²) in [5.74, 6) is -1.13. The van der Waals surface area contributed by atoms with Crippen molar-refractivity contribution in [3.8, 4) is 0 Å². The first kappa shape index (κ1) is 15.4. The van der Waals surface area contributed by atoms with E-state index in [1.807, 2.05) is 19.3 Å². The Bertz CT molecular complexity index is 542. The number of hydrogen-bond acceptors (Lipinski definition) is 6. The van der Waals surface area contributed by atoms with E-state index < -0.39 is 5.97 Å². The van der Waals surface area contributed by atoms with Gasteiger partial charge in [0.2, 0.25) is 0 Å². The van der Waals surface area contributed by atoms with Crippen molar-refractivity contribution in [3.05, 3.63) is 21.0 Å². The second-order valence-electron chi connectivity index (χ2n) is 4.22. The summed E-state index contributed by atoms with van der Waals surface area (Å²) in [6.07, 6.45) is -0.100. The molecule has 1 N–H and O–H groups in total. The smallest absolute Gasteiger partial charge is 0.305 e. The highest BCUT2D eigenvalue weighted by Crippen LogP contribution is 2.43. The third-order valence-electron chi connectivity index (χ3n) is 2.92. The molecule has 2 heterocycles. The van der Waals surface area contributed by atoms with Crippen molar-refractivity contribution in [2.45, 2.75) is 20.3 Å². The van der Waals surface area contributed by atoms with Crippen molar-refractivity contribution in [1.29, 1.82) is 0 Å². The van der Waals surface area contributed by atoms with E-state index in [1.165, 1.54) is 28.4 Å². The van der Waals surface area contributed by atoms with E-state index in [2.05, 4.69) is 4.90 Å². The minimum Gasteiger partial charge on any atom is -0.481 e. The Balaban J connectivity index is 2.22. The molecule has 2 aliphatic rings. The SMILES string of the molecule is CCN1C(C)=CSC1=C1SC(=S)N(CCC(=O)O)C1=O. The Labute approximate surface area is 131 Å². The summed E-state index contributed by atoms with van der Waals surface area (Å²) in [7, 11) is 0. The van der Waals surface area contributed by atoms with Gasteiger partial charge in [-0.1, -0.05) is 35.7 Å². The molecule has 108 valence electrons. The maximum Gasteiger partial charge on any atom is 0.305 e. The minimum absolute atomic E-state index is 0.100. The molecule has 1 amide bonds. The summed E-state index contributed by atoms with van der Waals surface area (Å²) in [4.78, 5) is 27.0. The fourth-order valence-electron chi connectivity index (χ4n) is 1.92. The van der Waals surface area contributed by atoms with Gasteiger partial charge in [-0.3, -0.25) is 14.5 Å². The quantitative estimate of drug-likeness (QED) is 0.627. The maximum atomic E-state index is 12.4. The molecule has 2 aliphatic heterocycles. The monoisotopic (exact) mass is 330 g/mol. The number of thioether (sulfide) groups is 2. The zero-order chi connectivity index (χ0) is 14.9. The number of aliphatic carboxylic acids is 1. The van der Waals surface area contributed by atoms with Crippen LogP contribution in [0.5, 0.6) is 0 Å². The highest BCUT2D eigenvalue weighted by molar-refractivity contribution is 8.27. The van der Waals surface area contributed by atoms with Crippen LogP contribution in [0.25, 0.3) is 0 Å². The molecule has 0 saturated carbocycles. The lowest BCUT2D eigenvalue weighted by Gasteiger charge is -2.20. The molecule has 1 saturated heterocycles. The van der Waals surface area contributed by atoms with Crippen LogP contribution in [0.4, 0.5) is 0 Å². The second-order valence-corrected chi connectivity index (χ2v) is 6.73. The third-order valence-corrected chi connectivity index (χ3v) is 5.59. The average Bonchev–Trinajstić information content (AvgIpc) is 2.88. The molecule has 0 spiro atoms. The van der Waals surface area contributed by atoms with Crippen molar-refractivity contribution in [1.82, 2.24) is 9.80 Å². The lowest BCUT2D eigenvalue weighted by atomic mass is 10.3. The van der Waals surface area contributed by atoms with E-state index in [1.54, 1.807) is 0 Å². The van der Waals surface area contributed by atoms with E-state index in [9.17, 15) is 9.59 Å². The summed E-state index contributed by atoms with van der Waals surface area (Å²) in [5, 5.41) is 11.6. The molecule has 2 rings (SSSR count). The standard InChI is InChI=1S/C12H14N2O3S3/c1-3-13-7(2)6-19-11(13)9-10(17)14(12(18)20-9)5-4-8(15)16/h6H,3-5H2,1-2H3,(H,15,16). The Morgan fingerprint density at radius 1 is 1.45 bits per heavy atom. The average molecular weight is 330 g/mol. The summed E-state index contributed by atoms with van der Waals surface area (Å²) in [6, 6.07) is 0. The summed E-state index contributed by atoms with van der Waals surface area (Å²) < 4.78 is 0.431. The maximum absolute atomic E-state index is 12.4. The van der Waals surface area contributed by atoms with Gasteiger partial charge in [0.05, 0.1) is 11.4 Å². The van der Waals surface area contributed by atoms with E-state index in [0.29, 0.717) is 9.23 Å². The molecule has 0 aliphatic carbocycles. The van der Waals surface area contributed by atoms with Gasteiger partial charge < -0.3 is 10.0 Å². The van der Waals surface area contributed by atoms with E-state index in [4.69, 9.17) is 17.3 Å². The van der Waals surface area contributed by atoms with E-state index in [-0.39, 0.29) is 18.9 Å². The molecule has 0 aromatic rings. The van der Waals surface area contributed by atoms with Crippen molar-refractivity contribution in [2.75, 3.05) is 13.1 Å². The van der Waals surface area contributed by atoms with Crippen LogP contribution in [0.15, 0.2) is 21.0 Å². The Hall–Kier alpha value is -0.990. The van der Waals surface area contributed by atoms with Crippen molar-refractivity contribution in [2.24, 2.45) is 0 Å². The highest BCUT2D eigenvalue weighted by atomic mass is 32.2. The molecule has 0 atom stereocenters. The first-order valence-electron chi connectivity index (χ1n) is 6.06. The molecule has 0 radical (unpaired) electrons. The van der Waals surface area contributed by atoms with Gasteiger partial charge in [0, 0.05) is 18.8 Å². The van der Waals surface area contributed by atoms with Crippen LogP contribution in [-0.2, 0) is 9.59 Å². The highest BCUT2D eigenvalue weighted by Gasteiger charge is 2.37. The third kappa shape index (κ3) is 2.87. The van der Waals surface area contributed by atoms with Crippen LogP contribution in [0.3, 0.4) is 0 Å². The molecule has 20 heavy (non-hydrogen) atoms. The van der Waals surface area contributed by atoms with E-state index in [0.717, 1.165) is 17.3 Å². The molecular weight excluding hydrogens is 316 g/mol. The van der Waals surface area contributed by atoms with Gasteiger partial charge >= 0.3 is 5.97 Å². The van der Waals surface area contributed by atoms with Crippen molar-refractivity contribution >= 4 is 51.9 Å². The molecule has 0 unspecified atom stereocenters. The van der Waals surface area contributed by atoms with Crippen LogP contribution in [0.2, 0.25) is 0 Å². The second kappa shape index (κ2) is 6.19. The van der Waals surface area contributed by atoms with Crippen LogP contribution < -0.4 is 0 Å². The van der Waals surface area contributed by atoms with Gasteiger partial charge in [0.1, 0.15) is 9.23 Å². The van der Waals surface area contributed by atoms with Crippen LogP contribution >= 0.6 is 35.7 Å². The van der Waals surface area contributed by atoms with Gasteiger partial charge in [0.25, 0.3) is 5.91 Å². The minimum atomic E-state index is -0.936. The zero-order valence-electron chi connectivity index (χ0n) is 11.1. The molecular formula is C12H14N2O3S3. The Morgan fingerprint density at radius 2 is 2.15 bits per heavy atom. The van der Waals surface area contributed by atoms with Crippen LogP contribution in [-0.4, -0.2) is 44.2 Å². The molecule has 8 heteroatoms. The van der Waals surface area contributed by atoms with Gasteiger partial charge in [-0.25, -0.2) is 0 Å². The zero-order valence-corrected chi connectivity index (χ0v) is 13.5. The number of allylic oxidation sites excluding steroid dienone is 1. The summed E-state index contributed by atoms with van der Waals surface area (Å²) in [6.45, 7) is 4.92. The fraction of sp³-hybridized carbons (Fsp3) is 0.417. The van der Waals surface area contributed by atoms with Crippen molar-refractivity contribution < 1.29 is 14.7 Å². The first-order valence-corrected chi connectivity index (χ1v) is 8.16. The number of carbonyl (C=O) groups is 2. The Kier molecular flexibility index (Phi) is 4.77. The predicted molar refractivity (Wildman–Crippen MR) is 84.9 cm³/mol. The number of carboxylic acids is 1. The predicted octanol–water partition coefficient (Wildman–Crippen LogP) is 2.42. The first-order chi connectivity index (χ1) is 9.45. The number of rotatable bonds is 4. The topological polar surface area (TPSA) is 60.9 Å². The largest absolute Gasteiger partial charge is 0.481 e. The molecule has 0 bridgehead atoms. The van der Waals surface area contributed by atoms with Crippen LogP contribution in [0.1, 0.15) is 20.3 Å². The number of carbonyl (C=O) groups excluding carboxylic acids is 1. The number of carboxylic acid groups (broad SMARTS) is 1. The van der Waals surface area contributed by atoms with Gasteiger partial charge in [-0.05, 0) is 19.3 Å². The lowest BCUT2D eigenvalue weighted by molar-refractivity contribution is -0.137. The number of amides is 1. The van der Waals surface area contributed by atoms with Gasteiger partial charge in [-0.2, -0.15) is 0 Å². The van der Waals surface area contributed by atoms with Crippen molar-refractivity contribution in [3.63, 3.8) is 0 Å². The fourth-order valence-corrected chi connectivity index (χ4v) is 4.48. The van der Waals surface area contributed by atoms with Gasteiger partial charge in [0.15, 0.2) is 0 Å². The number of thiocarbonyl (C=S) groups is 1. The summed E-state index contributed by atoms with van der Waals surface area (Å²) in [5.41, 5.74) is 1.10. The Morgan fingerprint density at radius 3 is 2.75 bits per heavy atom. The summed E-state index contributed by atoms with van der Waals surface area (Å²) >= 11 is 7.94.